The van der Waals surface area contributed by atoms with Crippen LogP contribution in [0.5, 0.6) is 0 Å². The number of aromatic nitrogens is 2. The fourth-order valence-corrected chi connectivity index (χ4v) is 1.40. The Hall–Kier alpha value is -2.44. The number of hydrogen-bond acceptors (Lipinski definition) is 4. The molecule has 0 saturated heterocycles. The maximum atomic E-state index is 13.5. The van der Waals surface area contributed by atoms with Crippen LogP contribution in [0.2, 0.25) is 0 Å². The topological polar surface area (TPSA) is 92.0 Å². The van der Waals surface area contributed by atoms with Gasteiger partial charge in [0.15, 0.2) is 0 Å². The first kappa shape index (κ1) is 11.1. The number of hydrogen-bond donors (Lipinski definition) is 2. The number of methoxy groups -OCH3 is 1. The van der Waals surface area contributed by atoms with Gasteiger partial charge in [-0.05, 0) is 6.07 Å². The molecular formula is C10H7FN2O4. The second-order valence-electron chi connectivity index (χ2n) is 3.28. The Kier molecular flexibility index (Phi) is 2.51. The molecule has 0 aliphatic heterocycles. The van der Waals surface area contributed by atoms with E-state index in [0.29, 0.717) is 0 Å². The van der Waals surface area contributed by atoms with Gasteiger partial charge in [0.1, 0.15) is 5.82 Å². The number of H-pyrrole nitrogens is 2. The third-order valence-electron chi connectivity index (χ3n) is 2.22. The molecule has 0 saturated carbocycles. The fourth-order valence-electron chi connectivity index (χ4n) is 1.40. The fraction of sp³-hybridized carbons (Fsp3) is 0.100. The highest BCUT2D eigenvalue weighted by atomic mass is 19.1. The number of nitrogens with one attached hydrogen (secondary N) is 2. The van der Waals surface area contributed by atoms with Gasteiger partial charge in [0.2, 0.25) is 0 Å². The third kappa shape index (κ3) is 1.82. The van der Waals surface area contributed by atoms with Gasteiger partial charge < -0.3 is 14.7 Å². The average Bonchev–Trinajstić information content (AvgIpc) is 2.30. The van der Waals surface area contributed by atoms with Crippen molar-refractivity contribution < 1.29 is 13.9 Å². The van der Waals surface area contributed by atoms with Crippen molar-refractivity contribution in [3.63, 3.8) is 0 Å². The highest BCUT2D eigenvalue weighted by Gasteiger charge is 2.14. The van der Waals surface area contributed by atoms with Gasteiger partial charge in [0.05, 0.1) is 23.7 Å². The Morgan fingerprint density at radius 3 is 2.24 bits per heavy atom. The summed E-state index contributed by atoms with van der Waals surface area (Å²) in [6.45, 7) is 0. The lowest BCUT2D eigenvalue weighted by molar-refractivity contribution is 0.0595. The molecule has 17 heavy (non-hydrogen) atoms. The van der Waals surface area contributed by atoms with E-state index in [1.165, 1.54) is 0 Å². The van der Waals surface area contributed by atoms with Crippen molar-refractivity contribution in [1.29, 1.82) is 0 Å². The first-order valence-corrected chi connectivity index (χ1v) is 4.57. The summed E-state index contributed by atoms with van der Waals surface area (Å²) in [7, 11) is 1.11. The zero-order valence-corrected chi connectivity index (χ0v) is 8.67. The Labute approximate surface area is 93.0 Å². The first-order valence-electron chi connectivity index (χ1n) is 4.57. The third-order valence-corrected chi connectivity index (χ3v) is 2.22. The number of carbonyl (C=O) groups is 1. The summed E-state index contributed by atoms with van der Waals surface area (Å²) in [4.78, 5) is 37.7. The zero-order valence-electron chi connectivity index (χ0n) is 8.67. The van der Waals surface area contributed by atoms with Crippen LogP contribution in [0.25, 0.3) is 11.0 Å². The minimum Gasteiger partial charge on any atom is -0.465 e. The van der Waals surface area contributed by atoms with E-state index in [-0.39, 0.29) is 16.6 Å². The summed E-state index contributed by atoms with van der Waals surface area (Å²) >= 11 is 0. The van der Waals surface area contributed by atoms with E-state index in [1.54, 1.807) is 0 Å². The van der Waals surface area contributed by atoms with Crippen LogP contribution in [0.4, 0.5) is 4.39 Å². The quantitative estimate of drug-likeness (QED) is 0.546. The lowest BCUT2D eigenvalue weighted by Crippen LogP contribution is -2.29. The lowest BCUT2D eigenvalue weighted by atomic mass is 10.2. The van der Waals surface area contributed by atoms with Crippen LogP contribution in [0.3, 0.4) is 0 Å². The molecule has 2 N–H and O–H groups in total. The Morgan fingerprint density at radius 1 is 1.18 bits per heavy atom. The van der Waals surface area contributed by atoms with Gasteiger partial charge in [-0.15, -0.1) is 0 Å². The van der Waals surface area contributed by atoms with E-state index in [4.69, 9.17) is 0 Å². The van der Waals surface area contributed by atoms with Crippen molar-refractivity contribution in [2.75, 3.05) is 7.11 Å². The van der Waals surface area contributed by atoms with Crippen LogP contribution in [0, 0.1) is 5.82 Å². The minimum atomic E-state index is -0.886. The summed E-state index contributed by atoms with van der Waals surface area (Å²) in [5.74, 6) is -1.71. The van der Waals surface area contributed by atoms with Crippen molar-refractivity contribution in [1.82, 2.24) is 9.97 Å². The molecule has 0 atom stereocenters. The average molecular weight is 238 g/mol. The highest BCUT2D eigenvalue weighted by molar-refractivity contribution is 5.93. The summed E-state index contributed by atoms with van der Waals surface area (Å²) in [5, 5.41) is 0. The molecule has 0 aliphatic carbocycles. The van der Waals surface area contributed by atoms with E-state index >= 15 is 0 Å². The molecule has 6 nitrogen and oxygen atoms in total. The summed E-state index contributed by atoms with van der Waals surface area (Å²) in [6, 6.07) is 2.05. The van der Waals surface area contributed by atoms with Gasteiger partial charge in [-0.2, -0.15) is 0 Å². The molecule has 1 aromatic carbocycles. The first-order chi connectivity index (χ1) is 8.02. The second-order valence-corrected chi connectivity index (χ2v) is 3.28. The van der Waals surface area contributed by atoms with Gasteiger partial charge in [-0.1, -0.05) is 0 Å². The zero-order chi connectivity index (χ0) is 12.6. The Balaban J connectivity index is 2.80. The molecule has 0 bridgehead atoms. The van der Waals surface area contributed by atoms with Crippen LogP contribution >= 0.6 is 0 Å². The van der Waals surface area contributed by atoms with Gasteiger partial charge in [0, 0.05) is 6.07 Å². The van der Waals surface area contributed by atoms with Crippen molar-refractivity contribution in [2.45, 2.75) is 0 Å². The SMILES string of the molecule is COC(=O)c1cc2[nH]c(=O)c(=O)[nH]c2cc1F. The molecule has 0 spiro atoms. The molecule has 2 aromatic rings. The van der Waals surface area contributed by atoms with E-state index in [2.05, 4.69) is 14.7 Å². The molecule has 1 heterocycles. The molecule has 88 valence electrons. The van der Waals surface area contributed by atoms with Gasteiger partial charge in [-0.25, -0.2) is 9.18 Å². The molecule has 2 rings (SSSR count). The standard InChI is InChI=1S/C10H7FN2O4/c1-17-10(16)4-2-6-7(3-5(4)11)13-9(15)8(14)12-6/h2-3H,1H3,(H,12,14)(H,13,15). The van der Waals surface area contributed by atoms with E-state index < -0.39 is 22.9 Å². The number of benzene rings is 1. The van der Waals surface area contributed by atoms with Crippen LogP contribution in [0.1, 0.15) is 10.4 Å². The van der Waals surface area contributed by atoms with Crippen LogP contribution in [-0.4, -0.2) is 23.0 Å². The van der Waals surface area contributed by atoms with Crippen molar-refractivity contribution in [3.05, 3.63) is 44.2 Å². The maximum Gasteiger partial charge on any atom is 0.340 e. The molecular weight excluding hydrogens is 231 g/mol. The largest absolute Gasteiger partial charge is 0.465 e. The predicted molar refractivity (Wildman–Crippen MR) is 56.5 cm³/mol. The number of halogens is 1. The number of esters is 1. The Bertz CT molecular complexity index is 716. The van der Waals surface area contributed by atoms with E-state index in [9.17, 15) is 18.8 Å². The molecule has 0 unspecified atom stereocenters. The molecule has 7 heteroatoms. The number of ether oxygens (including phenoxy) is 1. The van der Waals surface area contributed by atoms with Crippen molar-refractivity contribution in [3.8, 4) is 0 Å². The highest BCUT2D eigenvalue weighted by Crippen LogP contribution is 2.14. The smallest absolute Gasteiger partial charge is 0.340 e. The molecule has 0 radical (unpaired) electrons. The van der Waals surface area contributed by atoms with Crippen LogP contribution < -0.4 is 11.1 Å². The minimum absolute atomic E-state index is 0.0970. The van der Waals surface area contributed by atoms with Gasteiger partial charge in [0.25, 0.3) is 0 Å². The van der Waals surface area contributed by atoms with E-state index in [0.717, 1.165) is 19.2 Å². The van der Waals surface area contributed by atoms with Crippen LogP contribution in [-0.2, 0) is 4.74 Å². The summed E-state index contributed by atoms with van der Waals surface area (Å²) in [6.07, 6.45) is 0. The monoisotopic (exact) mass is 238 g/mol. The lowest BCUT2D eigenvalue weighted by Gasteiger charge is -2.03. The molecule has 0 amide bonds. The Morgan fingerprint density at radius 2 is 1.71 bits per heavy atom. The number of rotatable bonds is 1. The molecule has 1 aromatic heterocycles. The van der Waals surface area contributed by atoms with Crippen LogP contribution in [0.15, 0.2) is 21.7 Å². The normalized spacial score (nSPS) is 10.5. The van der Waals surface area contributed by atoms with Crippen molar-refractivity contribution in [2.24, 2.45) is 0 Å². The predicted octanol–water partition coefficient (Wildman–Crippen LogP) is 0.142. The molecule has 0 fully saturated rings. The second kappa shape index (κ2) is 3.85. The summed E-state index contributed by atoms with van der Waals surface area (Å²) in [5.41, 5.74) is -1.83. The molecule has 0 aliphatic rings. The maximum absolute atomic E-state index is 13.5. The van der Waals surface area contributed by atoms with E-state index in [1.807, 2.05) is 0 Å². The van der Waals surface area contributed by atoms with Crippen molar-refractivity contribution >= 4 is 17.0 Å². The number of fused-ring (bicyclic) bond motifs is 1. The van der Waals surface area contributed by atoms with Gasteiger partial charge >= 0.3 is 17.1 Å². The number of aromatic amines is 2. The van der Waals surface area contributed by atoms with Gasteiger partial charge in [-0.3, -0.25) is 9.59 Å². The number of carbonyl (C=O) groups excluding carboxylic acids is 1. The summed E-state index contributed by atoms with van der Waals surface area (Å²) < 4.78 is 17.9.